The van der Waals surface area contributed by atoms with Crippen molar-refractivity contribution in [3.05, 3.63) is 69.4 Å². The first kappa shape index (κ1) is 19.1. The quantitative estimate of drug-likeness (QED) is 0.584. The zero-order valence-corrected chi connectivity index (χ0v) is 15.4. The average Bonchev–Trinajstić information content (AvgIpc) is 2.78. The van der Waals surface area contributed by atoms with Gasteiger partial charge in [-0.2, -0.15) is 0 Å². The minimum Gasteiger partial charge on any atom is -0.319 e. The second kappa shape index (κ2) is 6.80. The summed E-state index contributed by atoms with van der Waals surface area (Å²) in [6.07, 6.45) is 0. The van der Waals surface area contributed by atoms with Gasteiger partial charge in [0.2, 0.25) is 0 Å². The molecule has 1 unspecified atom stereocenters. The predicted molar refractivity (Wildman–Crippen MR) is 92.4 cm³/mol. The third-order valence-electron chi connectivity index (χ3n) is 4.28. The molecule has 1 saturated heterocycles. The van der Waals surface area contributed by atoms with Gasteiger partial charge in [-0.15, -0.1) is 0 Å². The Balaban J connectivity index is 1.89. The smallest absolute Gasteiger partial charge is 0.319 e. The predicted octanol–water partition coefficient (Wildman–Crippen LogP) is 3.52. The largest absolute Gasteiger partial charge is 0.325 e. The van der Waals surface area contributed by atoms with Crippen LogP contribution in [0.5, 0.6) is 0 Å². The van der Waals surface area contributed by atoms with Gasteiger partial charge in [-0.25, -0.2) is 18.0 Å². The standard InChI is InChI=1S/C18H12BrF3N2O3/c1-18(12-5-2-9(19)6-14(12)22)16(26)24(17(27)23-18)8-15(25)11-4-3-10(20)7-13(11)21/h2-7H,8H2,1H3,(H,23,27). The molecule has 0 saturated carbocycles. The fraction of sp³-hybridized carbons (Fsp3) is 0.167. The van der Waals surface area contributed by atoms with Crippen LogP contribution in [0, 0.1) is 17.5 Å². The Labute approximate surface area is 160 Å². The molecule has 9 heteroatoms. The Kier molecular flexibility index (Phi) is 4.81. The van der Waals surface area contributed by atoms with E-state index in [0.29, 0.717) is 15.4 Å². The second-order valence-corrected chi connectivity index (χ2v) is 7.03. The first-order valence-electron chi connectivity index (χ1n) is 7.71. The average molecular weight is 441 g/mol. The van der Waals surface area contributed by atoms with Gasteiger partial charge < -0.3 is 5.32 Å². The van der Waals surface area contributed by atoms with Gasteiger partial charge in [0.05, 0.1) is 12.1 Å². The van der Waals surface area contributed by atoms with E-state index in [1.807, 2.05) is 0 Å². The number of urea groups is 1. The molecule has 0 aromatic heterocycles. The molecule has 0 aliphatic carbocycles. The molecule has 0 radical (unpaired) electrons. The summed E-state index contributed by atoms with van der Waals surface area (Å²) in [4.78, 5) is 37.8. The Morgan fingerprint density at radius 2 is 1.81 bits per heavy atom. The number of ketones is 1. The summed E-state index contributed by atoms with van der Waals surface area (Å²) in [5, 5.41) is 2.36. The molecule has 1 aliphatic heterocycles. The van der Waals surface area contributed by atoms with E-state index in [9.17, 15) is 27.6 Å². The summed E-state index contributed by atoms with van der Waals surface area (Å²) in [6, 6.07) is 5.42. The molecule has 2 aromatic rings. The lowest BCUT2D eigenvalue weighted by atomic mass is 9.91. The maximum atomic E-state index is 14.3. The van der Waals surface area contributed by atoms with Crippen LogP contribution in [-0.2, 0) is 10.3 Å². The molecule has 5 nitrogen and oxygen atoms in total. The minimum absolute atomic E-state index is 0.0769. The lowest BCUT2D eigenvalue weighted by Crippen LogP contribution is -2.42. The van der Waals surface area contributed by atoms with Crippen LogP contribution in [0.4, 0.5) is 18.0 Å². The fourth-order valence-electron chi connectivity index (χ4n) is 2.86. The molecule has 1 fully saturated rings. The van der Waals surface area contributed by atoms with Crippen LogP contribution in [-0.4, -0.2) is 29.2 Å². The molecule has 1 heterocycles. The second-order valence-electron chi connectivity index (χ2n) is 6.12. The zero-order valence-electron chi connectivity index (χ0n) is 13.9. The Morgan fingerprint density at radius 1 is 1.11 bits per heavy atom. The van der Waals surface area contributed by atoms with Gasteiger partial charge in [-0.1, -0.05) is 22.0 Å². The van der Waals surface area contributed by atoms with Crippen LogP contribution in [0.1, 0.15) is 22.8 Å². The monoisotopic (exact) mass is 440 g/mol. The molecule has 140 valence electrons. The van der Waals surface area contributed by atoms with E-state index in [1.54, 1.807) is 0 Å². The van der Waals surface area contributed by atoms with E-state index in [0.717, 1.165) is 18.2 Å². The third-order valence-corrected chi connectivity index (χ3v) is 4.77. The van der Waals surface area contributed by atoms with Gasteiger partial charge >= 0.3 is 6.03 Å². The minimum atomic E-state index is -1.72. The molecule has 0 bridgehead atoms. The highest BCUT2D eigenvalue weighted by molar-refractivity contribution is 9.10. The van der Waals surface area contributed by atoms with Crippen molar-refractivity contribution < 1.29 is 27.6 Å². The van der Waals surface area contributed by atoms with Gasteiger partial charge in [-0.05, 0) is 31.2 Å². The number of Topliss-reactive ketones (excluding diaryl/α,β-unsaturated/α-hetero) is 1. The first-order valence-corrected chi connectivity index (χ1v) is 8.50. The Morgan fingerprint density at radius 3 is 2.44 bits per heavy atom. The Bertz CT molecular complexity index is 982. The highest BCUT2D eigenvalue weighted by Gasteiger charge is 2.50. The lowest BCUT2D eigenvalue weighted by Gasteiger charge is -2.22. The number of carbonyl (C=O) groups is 3. The SMILES string of the molecule is CC1(c2ccc(Br)cc2F)NC(=O)N(CC(=O)c2ccc(F)cc2F)C1=O. The van der Waals surface area contributed by atoms with Crippen molar-refractivity contribution in [1.29, 1.82) is 0 Å². The number of nitrogens with zero attached hydrogens (tertiary/aromatic N) is 1. The number of carbonyl (C=O) groups excluding carboxylic acids is 3. The zero-order chi connectivity index (χ0) is 19.9. The molecule has 2 aromatic carbocycles. The van der Waals surface area contributed by atoms with Crippen molar-refractivity contribution in [3.8, 4) is 0 Å². The van der Waals surface area contributed by atoms with Gasteiger partial charge in [0, 0.05) is 16.1 Å². The van der Waals surface area contributed by atoms with E-state index >= 15 is 0 Å². The van der Waals surface area contributed by atoms with Crippen LogP contribution < -0.4 is 5.32 Å². The van der Waals surface area contributed by atoms with Gasteiger partial charge in [-0.3, -0.25) is 14.5 Å². The summed E-state index contributed by atoms with van der Waals surface area (Å²) in [5.41, 5.74) is -2.25. The number of imide groups is 1. The highest BCUT2D eigenvalue weighted by Crippen LogP contribution is 2.32. The van der Waals surface area contributed by atoms with Crippen molar-refractivity contribution in [2.75, 3.05) is 6.54 Å². The summed E-state index contributed by atoms with van der Waals surface area (Å²) >= 11 is 3.10. The number of nitrogens with one attached hydrogen (secondary N) is 1. The van der Waals surface area contributed by atoms with E-state index in [-0.39, 0.29) is 5.56 Å². The van der Waals surface area contributed by atoms with Crippen molar-refractivity contribution in [2.24, 2.45) is 0 Å². The molecule has 3 rings (SSSR count). The highest BCUT2D eigenvalue weighted by atomic mass is 79.9. The van der Waals surface area contributed by atoms with E-state index in [4.69, 9.17) is 0 Å². The normalized spacial score (nSPS) is 19.4. The molecule has 1 atom stereocenters. The third kappa shape index (κ3) is 3.34. The lowest BCUT2D eigenvalue weighted by molar-refractivity contribution is -0.130. The van der Waals surface area contributed by atoms with Crippen molar-refractivity contribution in [2.45, 2.75) is 12.5 Å². The number of benzene rings is 2. The molecule has 1 N–H and O–H groups in total. The number of rotatable bonds is 4. The van der Waals surface area contributed by atoms with Crippen molar-refractivity contribution >= 4 is 33.7 Å². The molecular weight excluding hydrogens is 429 g/mol. The number of amides is 3. The van der Waals surface area contributed by atoms with Crippen LogP contribution in [0.2, 0.25) is 0 Å². The molecule has 1 aliphatic rings. The van der Waals surface area contributed by atoms with Crippen molar-refractivity contribution in [3.63, 3.8) is 0 Å². The number of hydrogen-bond acceptors (Lipinski definition) is 3. The number of halogens is 4. The summed E-state index contributed by atoms with van der Waals surface area (Å²) < 4.78 is 41.5. The summed E-state index contributed by atoms with van der Waals surface area (Å²) in [7, 11) is 0. The topological polar surface area (TPSA) is 66.5 Å². The van der Waals surface area contributed by atoms with E-state index in [2.05, 4.69) is 21.2 Å². The van der Waals surface area contributed by atoms with Crippen LogP contribution in [0.3, 0.4) is 0 Å². The van der Waals surface area contributed by atoms with Gasteiger partial charge in [0.25, 0.3) is 5.91 Å². The number of hydrogen-bond donors (Lipinski definition) is 1. The van der Waals surface area contributed by atoms with E-state index in [1.165, 1.54) is 19.1 Å². The maximum absolute atomic E-state index is 14.3. The van der Waals surface area contributed by atoms with Crippen LogP contribution in [0.15, 0.2) is 40.9 Å². The summed E-state index contributed by atoms with van der Waals surface area (Å²) in [5.74, 6) is -4.44. The molecule has 3 amide bonds. The van der Waals surface area contributed by atoms with Crippen molar-refractivity contribution in [1.82, 2.24) is 10.2 Å². The molecule has 27 heavy (non-hydrogen) atoms. The van der Waals surface area contributed by atoms with Crippen LogP contribution >= 0.6 is 15.9 Å². The van der Waals surface area contributed by atoms with E-state index < -0.39 is 52.8 Å². The fourth-order valence-corrected chi connectivity index (χ4v) is 3.20. The Hall–Kier alpha value is -2.68. The molecular formula is C18H12BrF3N2O3. The van der Waals surface area contributed by atoms with Gasteiger partial charge in [0.15, 0.2) is 5.78 Å². The maximum Gasteiger partial charge on any atom is 0.325 e. The van der Waals surface area contributed by atoms with Crippen LogP contribution in [0.25, 0.3) is 0 Å². The molecule has 0 spiro atoms. The summed E-state index contributed by atoms with van der Waals surface area (Å²) in [6.45, 7) is 0.545. The first-order chi connectivity index (χ1) is 12.6. The van der Waals surface area contributed by atoms with Gasteiger partial charge in [0.1, 0.15) is 23.0 Å².